The van der Waals surface area contributed by atoms with Gasteiger partial charge < -0.3 is 15.7 Å². The fourth-order valence-electron chi connectivity index (χ4n) is 1.82. The number of hydrogen-bond acceptors (Lipinski definition) is 5. The molecule has 0 radical (unpaired) electrons. The first-order chi connectivity index (χ1) is 10.2. The van der Waals surface area contributed by atoms with E-state index in [1.54, 1.807) is 36.7 Å². The van der Waals surface area contributed by atoms with Crippen LogP contribution in [0.15, 0.2) is 47.9 Å². The summed E-state index contributed by atoms with van der Waals surface area (Å²) in [6.07, 6.45) is 3.34. The summed E-state index contributed by atoms with van der Waals surface area (Å²) in [7, 11) is 0. The lowest BCUT2D eigenvalue weighted by Crippen LogP contribution is -2.10. The Balaban J connectivity index is 2.02. The number of halogens is 1. The minimum Gasteiger partial charge on any atom is -0.455 e. The molecule has 3 rings (SSSR count). The van der Waals surface area contributed by atoms with Crippen molar-refractivity contribution in [1.29, 1.82) is 0 Å². The number of oxime groups is 1. The van der Waals surface area contributed by atoms with E-state index in [0.717, 1.165) is 10.1 Å². The van der Waals surface area contributed by atoms with Gasteiger partial charge in [-0.15, -0.1) is 11.3 Å². The van der Waals surface area contributed by atoms with E-state index in [-0.39, 0.29) is 5.84 Å². The highest BCUT2D eigenvalue weighted by atomic mass is 35.5. The molecule has 21 heavy (non-hydrogen) atoms. The molecule has 3 N–H and O–H groups in total. The van der Waals surface area contributed by atoms with Crippen LogP contribution in [-0.2, 0) is 0 Å². The number of ether oxygens (including phenoxy) is 1. The van der Waals surface area contributed by atoms with E-state index in [4.69, 9.17) is 27.3 Å². The molecule has 0 fully saturated rings. The van der Waals surface area contributed by atoms with Gasteiger partial charge in [0.2, 0.25) is 0 Å². The summed E-state index contributed by atoms with van der Waals surface area (Å²) in [6, 6.07) is 8.86. The maximum atomic E-state index is 8.75. The van der Waals surface area contributed by atoms with Gasteiger partial charge >= 0.3 is 0 Å². The number of aromatic nitrogens is 1. The van der Waals surface area contributed by atoms with Crippen LogP contribution in [0.3, 0.4) is 0 Å². The highest BCUT2D eigenvalue weighted by Gasteiger charge is 2.11. The SMILES string of the molecule is N/C(=N\O)c1cc2c(Oc3ccc(Cl)cc3)cncc2s1. The molecule has 0 unspecified atom stereocenters. The monoisotopic (exact) mass is 319 g/mol. The fraction of sp³-hybridized carbons (Fsp3) is 0. The highest BCUT2D eigenvalue weighted by Crippen LogP contribution is 2.34. The van der Waals surface area contributed by atoms with Crippen molar-refractivity contribution in [2.45, 2.75) is 0 Å². The van der Waals surface area contributed by atoms with Crippen molar-refractivity contribution in [3.8, 4) is 11.5 Å². The molecule has 0 saturated carbocycles. The number of benzene rings is 1. The Hall–Kier alpha value is -2.31. The molecule has 5 nitrogen and oxygen atoms in total. The minimum atomic E-state index is 0.0636. The smallest absolute Gasteiger partial charge is 0.180 e. The van der Waals surface area contributed by atoms with Crippen LogP contribution < -0.4 is 10.5 Å². The standard InChI is InChI=1S/C14H10ClN3O2S/c15-8-1-3-9(4-2-8)20-11-6-17-7-13-10(11)5-12(21-13)14(16)18-19/h1-7,19H,(H2,16,18). The summed E-state index contributed by atoms with van der Waals surface area (Å²) in [5.41, 5.74) is 5.61. The van der Waals surface area contributed by atoms with Crippen LogP contribution in [0.5, 0.6) is 11.5 Å². The van der Waals surface area contributed by atoms with E-state index in [2.05, 4.69) is 10.1 Å². The Kier molecular flexibility index (Phi) is 3.64. The van der Waals surface area contributed by atoms with Crippen LogP contribution in [-0.4, -0.2) is 16.0 Å². The average Bonchev–Trinajstić information content (AvgIpc) is 2.94. The Morgan fingerprint density at radius 1 is 1.29 bits per heavy atom. The zero-order chi connectivity index (χ0) is 14.8. The third-order valence-corrected chi connectivity index (χ3v) is 4.16. The second kappa shape index (κ2) is 5.59. The van der Waals surface area contributed by atoms with Gasteiger partial charge in [-0.2, -0.15) is 0 Å². The Bertz CT molecular complexity index is 815. The Morgan fingerprint density at radius 3 is 2.76 bits per heavy atom. The van der Waals surface area contributed by atoms with Crippen LogP contribution >= 0.6 is 22.9 Å². The summed E-state index contributed by atoms with van der Waals surface area (Å²) in [4.78, 5) is 4.80. The van der Waals surface area contributed by atoms with Crippen molar-refractivity contribution in [2.24, 2.45) is 10.9 Å². The van der Waals surface area contributed by atoms with Crippen LogP contribution in [0.1, 0.15) is 4.88 Å². The molecule has 0 aliphatic rings. The first kappa shape index (κ1) is 13.7. The van der Waals surface area contributed by atoms with Crippen molar-refractivity contribution in [2.75, 3.05) is 0 Å². The topological polar surface area (TPSA) is 80.7 Å². The quantitative estimate of drug-likeness (QED) is 0.333. The van der Waals surface area contributed by atoms with Gasteiger partial charge in [-0.3, -0.25) is 4.98 Å². The Morgan fingerprint density at radius 2 is 2.05 bits per heavy atom. The second-order valence-electron chi connectivity index (χ2n) is 4.20. The van der Waals surface area contributed by atoms with Gasteiger partial charge in [-0.25, -0.2) is 0 Å². The van der Waals surface area contributed by atoms with Crippen molar-refractivity contribution in [3.05, 3.63) is 52.6 Å². The van der Waals surface area contributed by atoms with Gasteiger partial charge in [-0.1, -0.05) is 16.8 Å². The van der Waals surface area contributed by atoms with E-state index in [1.165, 1.54) is 11.3 Å². The highest BCUT2D eigenvalue weighted by molar-refractivity contribution is 7.20. The van der Waals surface area contributed by atoms with E-state index >= 15 is 0 Å². The molecule has 3 aromatic rings. The van der Waals surface area contributed by atoms with Crippen LogP contribution in [0.25, 0.3) is 10.1 Å². The van der Waals surface area contributed by atoms with E-state index in [1.807, 2.05) is 6.07 Å². The maximum Gasteiger partial charge on any atom is 0.180 e. The summed E-state index contributed by atoms with van der Waals surface area (Å²) in [5.74, 6) is 1.32. The number of fused-ring (bicyclic) bond motifs is 1. The normalized spacial score (nSPS) is 11.8. The third-order valence-electron chi connectivity index (χ3n) is 2.81. The molecular formula is C14H10ClN3O2S. The molecule has 7 heteroatoms. The van der Waals surface area contributed by atoms with Gasteiger partial charge in [0, 0.05) is 16.6 Å². The molecule has 2 aromatic heterocycles. The average molecular weight is 320 g/mol. The summed E-state index contributed by atoms with van der Waals surface area (Å²) in [5, 5.41) is 13.3. The van der Waals surface area contributed by atoms with Crippen LogP contribution in [0, 0.1) is 0 Å². The van der Waals surface area contributed by atoms with Crippen LogP contribution in [0.4, 0.5) is 0 Å². The molecule has 0 aliphatic carbocycles. The fourth-order valence-corrected chi connectivity index (χ4v) is 2.89. The lowest BCUT2D eigenvalue weighted by Gasteiger charge is -2.06. The third kappa shape index (κ3) is 2.76. The molecule has 0 aliphatic heterocycles. The molecule has 0 spiro atoms. The molecule has 0 saturated heterocycles. The van der Waals surface area contributed by atoms with E-state index < -0.39 is 0 Å². The number of hydrogen-bond donors (Lipinski definition) is 2. The Labute approximate surface area is 129 Å². The van der Waals surface area contributed by atoms with Gasteiger partial charge in [0.05, 0.1) is 15.8 Å². The van der Waals surface area contributed by atoms with Crippen molar-refractivity contribution < 1.29 is 9.94 Å². The summed E-state index contributed by atoms with van der Waals surface area (Å²) >= 11 is 7.22. The van der Waals surface area contributed by atoms with Gasteiger partial charge in [-0.05, 0) is 30.3 Å². The lowest BCUT2D eigenvalue weighted by molar-refractivity contribution is 0.319. The van der Waals surface area contributed by atoms with Gasteiger partial charge in [0.1, 0.15) is 5.75 Å². The minimum absolute atomic E-state index is 0.0636. The molecule has 1 aromatic carbocycles. The number of nitrogens with zero attached hydrogens (tertiary/aromatic N) is 2. The maximum absolute atomic E-state index is 8.75. The lowest BCUT2D eigenvalue weighted by atomic mass is 10.2. The number of pyridine rings is 1. The predicted molar refractivity (Wildman–Crippen MR) is 83.7 cm³/mol. The first-order valence-corrected chi connectivity index (χ1v) is 7.15. The first-order valence-electron chi connectivity index (χ1n) is 5.96. The zero-order valence-corrected chi connectivity index (χ0v) is 12.2. The van der Waals surface area contributed by atoms with Crippen molar-refractivity contribution in [1.82, 2.24) is 4.98 Å². The van der Waals surface area contributed by atoms with Gasteiger partial charge in [0.25, 0.3) is 0 Å². The van der Waals surface area contributed by atoms with Crippen LogP contribution in [0.2, 0.25) is 5.02 Å². The number of amidine groups is 1. The summed E-state index contributed by atoms with van der Waals surface area (Å²) < 4.78 is 6.71. The molecule has 0 atom stereocenters. The molecule has 2 heterocycles. The summed E-state index contributed by atoms with van der Waals surface area (Å²) in [6.45, 7) is 0. The molecule has 0 amide bonds. The van der Waals surface area contributed by atoms with E-state index in [0.29, 0.717) is 21.4 Å². The molecule has 106 valence electrons. The number of rotatable bonds is 3. The van der Waals surface area contributed by atoms with Crippen molar-refractivity contribution in [3.63, 3.8) is 0 Å². The second-order valence-corrected chi connectivity index (χ2v) is 5.72. The number of thiophene rings is 1. The van der Waals surface area contributed by atoms with Crippen molar-refractivity contribution >= 4 is 38.9 Å². The number of nitrogens with two attached hydrogens (primary N) is 1. The van der Waals surface area contributed by atoms with E-state index in [9.17, 15) is 0 Å². The molecule has 0 bridgehead atoms. The zero-order valence-electron chi connectivity index (χ0n) is 10.7. The van der Waals surface area contributed by atoms with Gasteiger partial charge in [0.15, 0.2) is 11.6 Å². The molecular weight excluding hydrogens is 310 g/mol. The predicted octanol–water partition coefficient (Wildman–Crippen LogP) is 3.84. The largest absolute Gasteiger partial charge is 0.455 e.